The van der Waals surface area contributed by atoms with Crippen LogP contribution in [-0.2, 0) is 11.4 Å². The number of nitrogens with zero attached hydrogens (tertiary/aromatic N) is 1. The maximum atomic E-state index is 11.9. The van der Waals surface area contributed by atoms with E-state index in [1.165, 1.54) is 0 Å². The Morgan fingerprint density at radius 3 is 2.36 bits per heavy atom. The van der Waals surface area contributed by atoms with Crippen molar-refractivity contribution in [2.45, 2.75) is 13.5 Å². The number of benzene rings is 3. The van der Waals surface area contributed by atoms with Gasteiger partial charge in [0.05, 0.1) is 6.21 Å². The molecule has 0 saturated carbocycles. The van der Waals surface area contributed by atoms with Crippen LogP contribution in [0.2, 0.25) is 0 Å². The van der Waals surface area contributed by atoms with Gasteiger partial charge >= 0.3 is 0 Å². The van der Waals surface area contributed by atoms with E-state index < -0.39 is 0 Å². The van der Waals surface area contributed by atoms with Crippen LogP contribution in [0.5, 0.6) is 11.5 Å². The van der Waals surface area contributed by atoms with Crippen LogP contribution in [-0.4, -0.2) is 18.7 Å². The zero-order chi connectivity index (χ0) is 19.6. The lowest BCUT2D eigenvalue weighted by molar-refractivity contribution is -0.123. The van der Waals surface area contributed by atoms with Gasteiger partial charge in [-0.15, -0.1) is 0 Å². The molecule has 0 heterocycles. The van der Waals surface area contributed by atoms with Gasteiger partial charge in [0.25, 0.3) is 5.91 Å². The number of hydrogen-bond acceptors (Lipinski definition) is 4. The van der Waals surface area contributed by atoms with Crippen molar-refractivity contribution in [1.82, 2.24) is 5.43 Å². The molecule has 1 amide bonds. The van der Waals surface area contributed by atoms with Crippen molar-refractivity contribution in [3.63, 3.8) is 0 Å². The highest BCUT2D eigenvalue weighted by atomic mass is 16.5. The number of rotatable bonds is 8. The molecule has 0 bridgehead atoms. The Labute approximate surface area is 164 Å². The van der Waals surface area contributed by atoms with E-state index >= 15 is 0 Å². The number of carbonyl (C=O) groups is 1. The quantitative estimate of drug-likeness (QED) is 0.477. The van der Waals surface area contributed by atoms with Crippen LogP contribution in [0.25, 0.3) is 0 Å². The minimum Gasteiger partial charge on any atom is -0.488 e. The second-order valence-electron chi connectivity index (χ2n) is 6.16. The number of amides is 1. The first kappa shape index (κ1) is 19.2. The van der Waals surface area contributed by atoms with Crippen LogP contribution >= 0.6 is 0 Å². The van der Waals surface area contributed by atoms with Crippen LogP contribution in [0.4, 0.5) is 0 Å². The van der Waals surface area contributed by atoms with Crippen molar-refractivity contribution in [2.24, 2.45) is 5.10 Å². The predicted molar refractivity (Wildman–Crippen MR) is 110 cm³/mol. The summed E-state index contributed by atoms with van der Waals surface area (Å²) in [6, 6.07) is 25.0. The van der Waals surface area contributed by atoms with Crippen molar-refractivity contribution in [1.29, 1.82) is 0 Å². The van der Waals surface area contributed by atoms with Gasteiger partial charge < -0.3 is 9.47 Å². The average Bonchev–Trinajstić information content (AvgIpc) is 2.73. The van der Waals surface area contributed by atoms with Crippen LogP contribution in [0, 0.1) is 6.92 Å². The molecule has 5 heteroatoms. The molecular weight excluding hydrogens is 352 g/mol. The minimum atomic E-state index is -0.331. The summed E-state index contributed by atoms with van der Waals surface area (Å²) in [5, 5.41) is 4.01. The fraction of sp³-hybridized carbons (Fsp3) is 0.130. The minimum absolute atomic E-state index is 0.103. The lowest BCUT2D eigenvalue weighted by Crippen LogP contribution is -2.24. The van der Waals surface area contributed by atoms with E-state index in [9.17, 15) is 4.79 Å². The van der Waals surface area contributed by atoms with Crippen LogP contribution < -0.4 is 14.9 Å². The van der Waals surface area contributed by atoms with Gasteiger partial charge in [0.15, 0.2) is 6.61 Å². The SMILES string of the molecule is Cc1ccccc1OCC(=O)N/N=C\c1ccccc1OCc1ccccc1. The molecule has 1 N–H and O–H groups in total. The van der Waals surface area contributed by atoms with Crippen LogP contribution in [0.3, 0.4) is 0 Å². The highest BCUT2D eigenvalue weighted by Crippen LogP contribution is 2.18. The third-order valence-electron chi connectivity index (χ3n) is 4.00. The average molecular weight is 374 g/mol. The number of para-hydroxylation sites is 2. The molecule has 0 aromatic heterocycles. The molecule has 0 unspecified atom stereocenters. The molecule has 0 aliphatic heterocycles. The Bertz CT molecular complexity index is 939. The number of aryl methyl sites for hydroxylation is 1. The second kappa shape index (κ2) is 9.92. The zero-order valence-corrected chi connectivity index (χ0v) is 15.7. The molecular formula is C23H22N2O3. The van der Waals surface area contributed by atoms with Gasteiger partial charge in [0.2, 0.25) is 0 Å². The summed E-state index contributed by atoms with van der Waals surface area (Å²) in [5.74, 6) is 1.05. The maximum absolute atomic E-state index is 11.9. The summed E-state index contributed by atoms with van der Waals surface area (Å²) in [6.45, 7) is 2.29. The normalized spacial score (nSPS) is 10.6. The van der Waals surface area contributed by atoms with Gasteiger partial charge in [-0.05, 0) is 36.2 Å². The molecule has 0 atom stereocenters. The first-order valence-corrected chi connectivity index (χ1v) is 8.98. The standard InChI is InChI=1S/C23H22N2O3/c1-18-9-5-7-13-21(18)28-17-23(26)25-24-15-20-12-6-8-14-22(20)27-16-19-10-3-2-4-11-19/h2-15H,16-17H2,1H3,(H,25,26)/b24-15-. The van der Waals surface area contributed by atoms with Crippen molar-refractivity contribution >= 4 is 12.1 Å². The summed E-state index contributed by atoms with van der Waals surface area (Å²) in [7, 11) is 0. The second-order valence-corrected chi connectivity index (χ2v) is 6.16. The van der Waals surface area contributed by atoms with E-state index in [1.54, 1.807) is 6.21 Å². The van der Waals surface area contributed by atoms with Crippen molar-refractivity contribution in [3.05, 3.63) is 95.6 Å². The molecule has 3 rings (SSSR count). The molecule has 0 fully saturated rings. The number of hydrogen-bond donors (Lipinski definition) is 1. The van der Waals surface area contributed by atoms with E-state index in [0.717, 1.165) is 16.7 Å². The van der Waals surface area contributed by atoms with E-state index in [1.807, 2.05) is 85.8 Å². The smallest absolute Gasteiger partial charge is 0.277 e. The van der Waals surface area contributed by atoms with Crippen molar-refractivity contribution in [2.75, 3.05) is 6.61 Å². The van der Waals surface area contributed by atoms with Gasteiger partial charge in [-0.2, -0.15) is 5.10 Å². The Morgan fingerprint density at radius 1 is 0.893 bits per heavy atom. The van der Waals surface area contributed by atoms with E-state index in [2.05, 4.69) is 10.5 Å². The molecule has 0 aliphatic rings. The van der Waals surface area contributed by atoms with Crippen LogP contribution in [0.1, 0.15) is 16.7 Å². The topological polar surface area (TPSA) is 59.9 Å². The van der Waals surface area contributed by atoms with E-state index in [0.29, 0.717) is 18.1 Å². The molecule has 0 radical (unpaired) electrons. The largest absolute Gasteiger partial charge is 0.488 e. The predicted octanol–water partition coefficient (Wildman–Crippen LogP) is 4.10. The van der Waals surface area contributed by atoms with Crippen molar-refractivity contribution < 1.29 is 14.3 Å². The van der Waals surface area contributed by atoms with Gasteiger partial charge in [-0.3, -0.25) is 4.79 Å². The molecule has 142 valence electrons. The summed E-state index contributed by atoms with van der Waals surface area (Å²) in [6.07, 6.45) is 1.56. The Morgan fingerprint density at radius 2 is 1.57 bits per heavy atom. The maximum Gasteiger partial charge on any atom is 0.277 e. The van der Waals surface area contributed by atoms with Gasteiger partial charge in [-0.25, -0.2) is 5.43 Å². The van der Waals surface area contributed by atoms with Gasteiger partial charge in [-0.1, -0.05) is 60.7 Å². The van der Waals surface area contributed by atoms with E-state index in [-0.39, 0.29) is 12.5 Å². The molecule has 3 aromatic rings. The Balaban J connectivity index is 1.52. The van der Waals surface area contributed by atoms with Crippen LogP contribution in [0.15, 0.2) is 84.0 Å². The van der Waals surface area contributed by atoms with Crippen molar-refractivity contribution in [3.8, 4) is 11.5 Å². The number of carbonyl (C=O) groups excluding carboxylic acids is 1. The monoisotopic (exact) mass is 374 g/mol. The third-order valence-corrected chi connectivity index (χ3v) is 4.00. The molecule has 0 spiro atoms. The number of nitrogens with one attached hydrogen (secondary N) is 1. The lowest BCUT2D eigenvalue weighted by Gasteiger charge is -2.09. The summed E-state index contributed by atoms with van der Waals surface area (Å²) >= 11 is 0. The number of hydrazone groups is 1. The first-order valence-electron chi connectivity index (χ1n) is 8.98. The van der Waals surface area contributed by atoms with Gasteiger partial charge in [0.1, 0.15) is 18.1 Å². The lowest BCUT2D eigenvalue weighted by atomic mass is 10.2. The summed E-state index contributed by atoms with van der Waals surface area (Å²) < 4.78 is 11.4. The highest BCUT2D eigenvalue weighted by Gasteiger charge is 2.04. The fourth-order valence-corrected chi connectivity index (χ4v) is 2.52. The van der Waals surface area contributed by atoms with Gasteiger partial charge in [0, 0.05) is 5.56 Å². The molecule has 0 aliphatic carbocycles. The number of ether oxygens (including phenoxy) is 2. The molecule has 3 aromatic carbocycles. The molecule has 5 nitrogen and oxygen atoms in total. The Hall–Kier alpha value is -3.60. The van der Waals surface area contributed by atoms with E-state index in [4.69, 9.17) is 9.47 Å². The Kier molecular flexibility index (Phi) is 6.79. The summed E-state index contributed by atoms with van der Waals surface area (Å²) in [5.41, 5.74) is 5.30. The molecule has 0 saturated heterocycles. The first-order chi connectivity index (χ1) is 13.7. The third kappa shape index (κ3) is 5.71. The highest BCUT2D eigenvalue weighted by molar-refractivity contribution is 5.85. The summed E-state index contributed by atoms with van der Waals surface area (Å²) in [4.78, 5) is 11.9. The fourth-order valence-electron chi connectivity index (χ4n) is 2.52. The molecule has 28 heavy (non-hydrogen) atoms. The zero-order valence-electron chi connectivity index (χ0n) is 15.7.